The first-order valence-corrected chi connectivity index (χ1v) is 10.9. The minimum Gasteiger partial charge on any atom is -0.491 e. The van der Waals surface area contributed by atoms with Crippen molar-refractivity contribution < 1.29 is 19.7 Å². The van der Waals surface area contributed by atoms with Gasteiger partial charge in [-0.05, 0) is 49.9 Å². The van der Waals surface area contributed by atoms with Gasteiger partial charge >= 0.3 is 0 Å². The summed E-state index contributed by atoms with van der Waals surface area (Å²) in [6.07, 6.45) is 8.94. The van der Waals surface area contributed by atoms with E-state index in [-0.39, 0.29) is 13.2 Å². The quantitative estimate of drug-likeness (QED) is 0.437. The van der Waals surface area contributed by atoms with Crippen molar-refractivity contribution >= 4 is 0 Å². The largest absolute Gasteiger partial charge is 0.491 e. The van der Waals surface area contributed by atoms with E-state index in [2.05, 4.69) is 10.6 Å². The van der Waals surface area contributed by atoms with E-state index in [4.69, 9.17) is 9.47 Å². The van der Waals surface area contributed by atoms with Crippen LogP contribution in [0.5, 0.6) is 11.5 Å². The van der Waals surface area contributed by atoms with E-state index in [9.17, 15) is 10.2 Å². The van der Waals surface area contributed by atoms with Gasteiger partial charge in [0.25, 0.3) is 0 Å². The molecule has 2 aliphatic carbocycles. The number of ether oxygens (including phenoxy) is 2. The maximum atomic E-state index is 10.1. The van der Waals surface area contributed by atoms with Gasteiger partial charge in [-0.15, -0.1) is 0 Å². The summed E-state index contributed by atoms with van der Waals surface area (Å²) >= 11 is 0. The molecule has 1 aromatic carbocycles. The van der Waals surface area contributed by atoms with Gasteiger partial charge in [0, 0.05) is 25.2 Å². The molecule has 2 aliphatic rings. The molecule has 28 heavy (non-hydrogen) atoms. The van der Waals surface area contributed by atoms with E-state index < -0.39 is 12.2 Å². The van der Waals surface area contributed by atoms with Crippen LogP contribution in [0.25, 0.3) is 0 Å². The van der Waals surface area contributed by atoms with Gasteiger partial charge in [0.05, 0.1) is 0 Å². The Labute approximate surface area is 168 Å². The highest BCUT2D eigenvalue weighted by molar-refractivity contribution is 5.31. The second kappa shape index (κ2) is 11.6. The van der Waals surface area contributed by atoms with Crippen LogP contribution in [-0.4, -0.2) is 60.8 Å². The zero-order chi connectivity index (χ0) is 19.6. The SMILES string of the molecule is O[C@H](CNC1CCCC1)COc1ccc(OC[C@H](O)CNC2CCCC2)cc1. The maximum Gasteiger partial charge on any atom is 0.119 e. The summed E-state index contributed by atoms with van der Waals surface area (Å²) in [5.41, 5.74) is 0. The molecule has 6 nitrogen and oxygen atoms in total. The highest BCUT2D eigenvalue weighted by Crippen LogP contribution is 2.20. The summed E-state index contributed by atoms with van der Waals surface area (Å²) in [6.45, 7) is 1.67. The van der Waals surface area contributed by atoms with E-state index in [1.165, 1.54) is 51.4 Å². The fourth-order valence-electron chi connectivity index (χ4n) is 4.00. The molecule has 2 atom stereocenters. The smallest absolute Gasteiger partial charge is 0.119 e. The van der Waals surface area contributed by atoms with Crippen molar-refractivity contribution in [1.29, 1.82) is 0 Å². The molecule has 0 heterocycles. The number of hydrogen-bond donors (Lipinski definition) is 4. The lowest BCUT2D eigenvalue weighted by atomic mass is 10.2. The molecule has 0 saturated heterocycles. The summed E-state index contributed by atoms with van der Waals surface area (Å²) in [5.74, 6) is 1.41. The Morgan fingerprint density at radius 1 is 0.714 bits per heavy atom. The van der Waals surface area contributed by atoms with Gasteiger partial charge in [-0.25, -0.2) is 0 Å². The Morgan fingerprint density at radius 3 is 1.43 bits per heavy atom. The van der Waals surface area contributed by atoms with Crippen LogP contribution in [0.4, 0.5) is 0 Å². The van der Waals surface area contributed by atoms with Gasteiger partial charge in [-0.1, -0.05) is 25.7 Å². The Bertz CT molecular complexity index is 493. The molecule has 0 radical (unpaired) electrons. The van der Waals surface area contributed by atoms with Crippen molar-refractivity contribution in [3.05, 3.63) is 24.3 Å². The van der Waals surface area contributed by atoms with Crippen molar-refractivity contribution in [2.45, 2.75) is 75.7 Å². The van der Waals surface area contributed by atoms with Crippen LogP contribution in [0.15, 0.2) is 24.3 Å². The average molecular weight is 393 g/mol. The van der Waals surface area contributed by atoms with Crippen molar-refractivity contribution in [3.8, 4) is 11.5 Å². The van der Waals surface area contributed by atoms with Gasteiger partial charge in [0.2, 0.25) is 0 Å². The Morgan fingerprint density at radius 2 is 1.07 bits per heavy atom. The predicted molar refractivity (Wildman–Crippen MR) is 110 cm³/mol. The maximum absolute atomic E-state index is 10.1. The summed E-state index contributed by atoms with van der Waals surface area (Å²) < 4.78 is 11.3. The Hall–Kier alpha value is -1.34. The van der Waals surface area contributed by atoms with E-state index in [1.807, 2.05) is 24.3 Å². The van der Waals surface area contributed by atoms with Crippen LogP contribution in [0.1, 0.15) is 51.4 Å². The van der Waals surface area contributed by atoms with Crippen molar-refractivity contribution in [2.24, 2.45) is 0 Å². The molecule has 0 unspecified atom stereocenters. The number of aliphatic hydroxyl groups is 2. The fraction of sp³-hybridized carbons (Fsp3) is 0.727. The number of aliphatic hydroxyl groups excluding tert-OH is 2. The molecule has 2 saturated carbocycles. The lowest BCUT2D eigenvalue weighted by Crippen LogP contribution is -2.36. The summed E-state index contributed by atoms with van der Waals surface area (Å²) in [5, 5.41) is 26.9. The highest BCUT2D eigenvalue weighted by Gasteiger charge is 2.17. The van der Waals surface area contributed by atoms with Crippen molar-refractivity contribution in [1.82, 2.24) is 10.6 Å². The molecule has 1 aromatic rings. The number of rotatable bonds is 12. The third-order valence-electron chi connectivity index (χ3n) is 5.70. The molecule has 0 aromatic heterocycles. The summed E-state index contributed by atoms with van der Waals surface area (Å²) in [6, 6.07) is 8.42. The average Bonchev–Trinajstić information content (AvgIpc) is 3.42. The third-order valence-corrected chi connectivity index (χ3v) is 5.70. The lowest BCUT2D eigenvalue weighted by Gasteiger charge is -2.17. The van der Waals surface area contributed by atoms with Crippen LogP contribution >= 0.6 is 0 Å². The Kier molecular flexibility index (Phi) is 8.86. The normalized spacial score (nSPS) is 20.4. The number of hydrogen-bond acceptors (Lipinski definition) is 6. The van der Waals surface area contributed by atoms with E-state index in [0.717, 1.165) is 0 Å². The molecular formula is C22H36N2O4. The zero-order valence-electron chi connectivity index (χ0n) is 16.8. The van der Waals surface area contributed by atoms with Gasteiger partial charge in [0.15, 0.2) is 0 Å². The molecule has 6 heteroatoms. The standard InChI is InChI=1S/C22H36N2O4/c25-19(13-23-17-5-1-2-6-17)15-27-21-9-11-22(12-10-21)28-16-20(26)14-24-18-7-3-4-8-18/h9-12,17-20,23-26H,1-8,13-16H2/t19-,20-/m1/s1. The minimum absolute atomic E-state index is 0.269. The monoisotopic (exact) mass is 392 g/mol. The van der Waals surface area contributed by atoms with E-state index >= 15 is 0 Å². The van der Waals surface area contributed by atoms with Gasteiger partial charge < -0.3 is 30.3 Å². The van der Waals surface area contributed by atoms with Crippen LogP contribution < -0.4 is 20.1 Å². The zero-order valence-corrected chi connectivity index (χ0v) is 16.8. The van der Waals surface area contributed by atoms with Crippen LogP contribution in [0.3, 0.4) is 0 Å². The lowest BCUT2D eigenvalue weighted by molar-refractivity contribution is 0.102. The molecular weight excluding hydrogens is 356 g/mol. The molecule has 2 fully saturated rings. The summed E-state index contributed by atoms with van der Waals surface area (Å²) in [4.78, 5) is 0. The first kappa shape index (κ1) is 21.4. The number of nitrogens with one attached hydrogen (secondary N) is 2. The van der Waals surface area contributed by atoms with E-state index in [1.54, 1.807) is 0 Å². The second-order valence-corrected chi connectivity index (χ2v) is 8.18. The predicted octanol–water partition coefficient (Wildman–Crippen LogP) is 2.23. The molecule has 0 aliphatic heterocycles. The number of benzene rings is 1. The molecule has 3 rings (SSSR count). The molecule has 158 valence electrons. The van der Waals surface area contributed by atoms with Crippen molar-refractivity contribution in [2.75, 3.05) is 26.3 Å². The van der Waals surface area contributed by atoms with E-state index in [0.29, 0.717) is 36.7 Å². The fourth-order valence-corrected chi connectivity index (χ4v) is 4.00. The Balaban J connectivity index is 1.28. The van der Waals surface area contributed by atoms with Crippen LogP contribution in [-0.2, 0) is 0 Å². The molecule has 4 N–H and O–H groups in total. The van der Waals surface area contributed by atoms with Crippen LogP contribution in [0.2, 0.25) is 0 Å². The first-order chi connectivity index (χ1) is 13.7. The minimum atomic E-state index is -0.515. The van der Waals surface area contributed by atoms with Gasteiger partial charge in [-0.3, -0.25) is 0 Å². The topological polar surface area (TPSA) is 83.0 Å². The van der Waals surface area contributed by atoms with Crippen molar-refractivity contribution in [3.63, 3.8) is 0 Å². The molecule has 0 bridgehead atoms. The molecule has 0 amide bonds. The molecule has 0 spiro atoms. The van der Waals surface area contributed by atoms with Gasteiger partial charge in [-0.2, -0.15) is 0 Å². The summed E-state index contributed by atoms with van der Waals surface area (Å²) in [7, 11) is 0. The van der Waals surface area contributed by atoms with Crippen LogP contribution in [0, 0.1) is 0 Å². The highest BCUT2D eigenvalue weighted by atomic mass is 16.5. The van der Waals surface area contributed by atoms with Gasteiger partial charge in [0.1, 0.15) is 36.9 Å². The second-order valence-electron chi connectivity index (χ2n) is 8.18. The third kappa shape index (κ3) is 7.59. The first-order valence-electron chi connectivity index (χ1n) is 10.9.